The van der Waals surface area contributed by atoms with E-state index in [9.17, 15) is 0 Å². The molecule has 0 heterocycles. The van der Waals surface area contributed by atoms with E-state index < -0.39 is 37.2 Å². The Morgan fingerprint density at radius 1 is 0.714 bits per heavy atom. The predicted octanol–water partition coefficient (Wildman–Crippen LogP) is -6.76. The van der Waals surface area contributed by atoms with Crippen molar-refractivity contribution >= 4 is 140 Å². The second kappa shape index (κ2) is 42.9. The zero-order chi connectivity index (χ0) is 7.15. The fourth-order valence-corrected chi connectivity index (χ4v) is 0. The molecule has 0 bridgehead atoms. The average molecular weight is 497 g/mol. The Hall–Kier alpha value is 5.37. The molecule has 0 aliphatic rings. The summed E-state index contributed by atoms with van der Waals surface area (Å²) in [5.41, 5.74) is 0. The zero-order valence-electron chi connectivity index (χ0n) is 7.09. The Morgan fingerprint density at radius 3 is 0.714 bits per heavy atom. The maximum Gasteiger partial charge on any atom is 2.00 e. The third-order valence-electron chi connectivity index (χ3n) is 0. The maximum absolute atomic E-state index is 8.58. The van der Waals surface area contributed by atoms with Gasteiger partial charge in [0, 0.05) is 0 Å². The quantitative estimate of drug-likeness (QED) is 0.300. The summed E-state index contributed by atoms with van der Waals surface area (Å²) in [6.45, 7) is 0. The first-order valence-electron chi connectivity index (χ1n) is 1.22. The molecule has 0 aromatic carbocycles. The molecule has 0 unspecified atom stereocenters. The van der Waals surface area contributed by atoms with E-state index in [1.807, 2.05) is 0 Å². The fraction of sp³-hybridized carbons (Fsp3) is 0. The van der Waals surface area contributed by atoms with Gasteiger partial charge in [-0.3, -0.25) is 0 Å². The smallest absolute Gasteiger partial charge is 2.00 e. The summed E-state index contributed by atoms with van der Waals surface area (Å²) in [4.78, 5) is 0. The molecule has 14 heavy (non-hydrogen) atoms. The minimum atomic E-state index is -4.08. The van der Waals surface area contributed by atoms with Gasteiger partial charge < -0.3 is 11.0 Å². The van der Waals surface area contributed by atoms with Crippen molar-refractivity contribution in [3.8, 4) is 0 Å². The van der Waals surface area contributed by atoms with Gasteiger partial charge in [0.1, 0.15) is 0 Å². The van der Waals surface area contributed by atoms with E-state index >= 15 is 0 Å². The van der Waals surface area contributed by atoms with Crippen LogP contribution in [0.1, 0.15) is 0 Å². The number of hydrogen-bond acceptors (Lipinski definition) is 6. The molecule has 0 N–H and O–H groups in total. The third kappa shape index (κ3) is 161. The van der Waals surface area contributed by atoms with E-state index in [1.165, 1.54) is 0 Å². The van der Waals surface area contributed by atoms with Crippen LogP contribution in [0.4, 0.5) is 0 Å². The summed E-state index contributed by atoms with van der Waals surface area (Å²) < 4.78 is 51.5. The SMILES string of the molecule is [Ba+2].[Mg+2].[Mg+2].[O-2].[O-2].[O]=[Ti]([O-])[O-].[O]=[Ti]([O-])[O-].[Sr+2]. The van der Waals surface area contributed by atoms with Crippen molar-refractivity contribution < 1.29 is 69.6 Å². The van der Waals surface area contributed by atoms with E-state index in [0.29, 0.717) is 0 Å². The van der Waals surface area contributed by atoms with E-state index in [1.54, 1.807) is 0 Å². The maximum atomic E-state index is 8.58. The summed E-state index contributed by atoms with van der Waals surface area (Å²) in [6, 6.07) is 0. The summed E-state index contributed by atoms with van der Waals surface area (Å²) >= 11 is -8.17. The van der Waals surface area contributed by atoms with E-state index in [4.69, 9.17) is 21.4 Å². The summed E-state index contributed by atoms with van der Waals surface area (Å²) in [7, 11) is 0. The van der Waals surface area contributed by atoms with Crippen molar-refractivity contribution in [1.82, 2.24) is 0 Å². The molecule has 0 fully saturated rings. The van der Waals surface area contributed by atoms with Gasteiger partial charge in [-0.25, -0.2) is 0 Å². The largest absolute Gasteiger partial charge is 2.00 e. The van der Waals surface area contributed by atoms with Gasteiger partial charge >= 0.3 is 199 Å². The molecule has 0 rings (SSSR count). The first kappa shape index (κ1) is 50.6. The van der Waals surface area contributed by atoms with Crippen molar-refractivity contribution in [3.63, 3.8) is 0 Å². The van der Waals surface area contributed by atoms with Crippen molar-refractivity contribution in [1.29, 1.82) is 0 Å². The van der Waals surface area contributed by atoms with Crippen LogP contribution in [0.2, 0.25) is 0 Å². The molecule has 0 saturated heterocycles. The monoisotopic (exact) mass is 498 g/mol. The van der Waals surface area contributed by atoms with Crippen LogP contribution in [0.25, 0.3) is 0 Å². The molecular formula is BaMg2O8SrTi2. The van der Waals surface area contributed by atoms with Crippen molar-refractivity contribution in [3.05, 3.63) is 0 Å². The molecule has 0 aromatic rings. The van der Waals surface area contributed by atoms with Gasteiger partial charge in [-0.1, -0.05) is 0 Å². The molecule has 0 aliphatic heterocycles. The summed E-state index contributed by atoms with van der Waals surface area (Å²) in [6.07, 6.45) is 0. The molecule has 0 atom stereocenters. The Balaban J connectivity index is -0.00000000600. The van der Waals surface area contributed by atoms with Gasteiger partial charge in [0.2, 0.25) is 0 Å². The molecule has 0 spiro atoms. The Labute approximate surface area is 204 Å². The Kier molecular flexibility index (Phi) is 155. The second-order valence-corrected chi connectivity index (χ2v) is 2.06. The standard InChI is InChI=1S/Ba.2Mg.8O.Sr.2Ti/q3*+2;;;2*-2;4*-1;+2;;. The van der Waals surface area contributed by atoms with Crippen LogP contribution in [0, 0.1) is 0 Å². The van der Waals surface area contributed by atoms with Gasteiger partial charge in [0.15, 0.2) is 0 Å². The van der Waals surface area contributed by atoms with Gasteiger partial charge in [0.05, 0.1) is 0 Å². The third-order valence-corrected chi connectivity index (χ3v) is 0. The molecule has 0 aromatic heterocycles. The van der Waals surface area contributed by atoms with Crippen LogP contribution in [-0.2, 0) is 54.8 Å². The molecule has 0 amide bonds. The van der Waals surface area contributed by atoms with Crippen LogP contribution in [0.15, 0.2) is 0 Å². The number of hydrogen-bond donors (Lipinski definition) is 0. The first-order chi connectivity index (χ1) is 3.46. The minimum Gasteiger partial charge on any atom is 2.00 e. The van der Waals surface area contributed by atoms with Gasteiger partial charge in [-0.2, -0.15) is 0 Å². The average Bonchev–Trinajstić information content (AvgIpc) is 1.25. The van der Waals surface area contributed by atoms with E-state index in [-0.39, 0.29) is 151 Å². The van der Waals surface area contributed by atoms with Gasteiger partial charge in [0.25, 0.3) is 0 Å². The van der Waals surface area contributed by atoms with Crippen LogP contribution in [0.5, 0.6) is 0 Å². The van der Waals surface area contributed by atoms with Gasteiger partial charge in [-0.05, 0) is 0 Å². The predicted molar refractivity (Wildman–Crippen MR) is 25.8 cm³/mol. The van der Waals surface area contributed by atoms with Gasteiger partial charge in [-0.15, -0.1) is 0 Å². The summed E-state index contributed by atoms with van der Waals surface area (Å²) in [5, 5.41) is 0. The van der Waals surface area contributed by atoms with Crippen molar-refractivity contribution in [2.24, 2.45) is 0 Å². The molecule has 14 heteroatoms. The molecule has 0 saturated carbocycles. The molecule has 0 radical (unpaired) electrons. The fourth-order valence-electron chi connectivity index (χ4n) is 0. The Morgan fingerprint density at radius 2 is 0.714 bits per heavy atom. The van der Waals surface area contributed by atoms with Crippen LogP contribution < -0.4 is 14.8 Å². The number of rotatable bonds is 0. The van der Waals surface area contributed by atoms with Crippen LogP contribution in [-0.4, -0.2) is 140 Å². The summed E-state index contributed by atoms with van der Waals surface area (Å²) in [5.74, 6) is 0. The van der Waals surface area contributed by atoms with Crippen LogP contribution in [0.3, 0.4) is 0 Å². The van der Waals surface area contributed by atoms with E-state index in [0.717, 1.165) is 0 Å². The molecule has 0 aliphatic carbocycles. The molecule has 64 valence electrons. The molecule has 8 nitrogen and oxygen atoms in total. The minimum absolute atomic E-state index is 0. The van der Waals surface area contributed by atoms with Crippen LogP contribution >= 0.6 is 0 Å². The van der Waals surface area contributed by atoms with Crippen molar-refractivity contribution in [2.45, 2.75) is 0 Å². The Bertz CT molecular complexity index is 83.3. The van der Waals surface area contributed by atoms with E-state index in [2.05, 4.69) is 0 Å². The molecular weight excluding hydrogens is 497 g/mol. The second-order valence-electron chi connectivity index (χ2n) is 0.500. The topological polar surface area (TPSA) is 183 Å². The first-order valence-corrected chi connectivity index (χ1v) is 5.05. The normalized spacial score (nSPS) is 3.71. The zero-order valence-corrected chi connectivity index (χ0v) is 21.0. The van der Waals surface area contributed by atoms with Crippen molar-refractivity contribution in [2.75, 3.05) is 0 Å².